The third kappa shape index (κ3) is 0.975. The van der Waals surface area contributed by atoms with Crippen LogP contribution < -0.4 is 0 Å². The molecular formula is C9H10N2S. The van der Waals surface area contributed by atoms with Gasteiger partial charge in [0.25, 0.3) is 0 Å². The van der Waals surface area contributed by atoms with Gasteiger partial charge >= 0.3 is 0 Å². The lowest BCUT2D eigenvalue weighted by Gasteiger charge is -1.93. The summed E-state index contributed by atoms with van der Waals surface area (Å²) in [6, 6.07) is 3.90. The predicted octanol–water partition coefficient (Wildman–Crippen LogP) is 2.61. The number of rotatable bonds is 0. The molecule has 62 valence electrons. The van der Waals surface area contributed by atoms with E-state index < -0.39 is 0 Å². The molecule has 0 saturated heterocycles. The molecule has 0 fully saturated rings. The van der Waals surface area contributed by atoms with Gasteiger partial charge in [-0.15, -0.1) is 0 Å². The molecule has 0 bridgehead atoms. The summed E-state index contributed by atoms with van der Waals surface area (Å²) in [4.78, 5) is 3.26. The molecular weight excluding hydrogens is 168 g/mol. The molecule has 0 unspecified atom stereocenters. The number of hydrogen-bond acceptors (Lipinski definition) is 1. The number of nitrogens with one attached hydrogen (secondary N) is 1. The normalized spacial score (nSPS) is 10.8. The summed E-state index contributed by atoms with van der Waals surface area (Å²) in [7, 11) is 0. The zero-order valence-electron chi connectivity index (χ0n) is 7.09. The second-order valence-electron chi connectivity index (χ2n) is 2.95. The number of pyridine rings is 1. The van der Waals surface area contributed by atoms with Gasteiger partial charge in [0.1, 0.15) is 5.65 Å². The Balaban J connectivity index is 2.96. The van der Waals surface area contributed by atoms with E-state index in [0.717, 1.165) is 10.2 Å². The molecule has 2 aromatic rings. The first-order chi connectivity index (χ1) is 5.68. The van der Waals surface area contributed by atoms with Gasteiger partial charge in [0.2, 0.25) is 0 Å². The van der Waals surface area contributed by atoms with Crippen molar-refractivity contribution in [2.45, 2.75) is 13.8 Å². The molecule has 0 saturated carbocycles. The number of nitrogens with zero attached hydrogens (tertiary/aromatic N) is 1. The minimum Gasteiger partial charge on any atom is -0.344 e. The highest BCUT2D eigenvalue weighted by molar-refractivity contribution is 7.71. The Kier molecular flexibility index (Phi) is 1.54. The van der Waals surface area contributed by atoms with E-state index in [4.69, 9.17) is 12.2 Å². The molecule has 0 atom stereocenters. The maximum atomic E-state index is 5.06. The highest BCUT2D eigenvalue weighted by Gasteiger charge is 1.99. The van der Waals surface area contributed by atoms with E-state index in [0.29, 0.717) is 0 Å². The van der Waals surface area contributed by atoms with Crippen LogP contribution in [0.4, 0.5) is 0 Å². The van der Waals surface area contributed by atoms with Gasteiger partial charge in [-0.05, 0) is 26.0 Å². The lowest BCUT2D eigenvalue weighted by Crippen LogP contribution is -1.85. The van der Waals surface area contributed by atoms with Crippen molar-refractivity contribution in [3.8, 4) is 0 Å². The minimum absolute atomic E-state index is 0.872. The van der Waals surface area contributed by atoms with Gasteiger partial charge in [-0.1, -0.05) is 12.2 Å². The Morgan fingerprint density at radius 3 is 2.92 bits per heavy atom. The van der Waals surface area contributed by atoms with Crippen molar-refractivity contribution in [2.24, 2.45) is 0 Å². The number of aromatic nitrogens is 2. The van der Waals surface area contributed by atoms with Crippen LogP contribution in [0.15, 0.2) is 18.3 Å². The standard InChI is InChI=1S/C9H10N2S/c1-6-7(2)11-4-3-8(12)5-9(11)10-6/h3-5,10H,1-2H3. The van der Waals surface area contributed by atoms with E-state index in [1.54, 1.807) is 0 Å². The Morgan fingerprint density at radius 1 is 1.42 bits per heavy atom. The van der Waals surface area contributed by atoms with Crippen LogP contribution in [-0.2, 0) is 0 Å². The van der Waals surface area contributed by atoms with E-state index in [1.807, 2.05) is 18.3 Å². The van der Waals surface area contributed by atoms with Crippen molar-refractivity contribution in [3.05, 3.63) is 34.2 Å². The molecule has 0 aliphatic rings. The van der Waals surface area contributed by atoms with Crippen molar-refractivity contribution >= 4 is 17.9 Å². The summed E-state index contributed by atoms with van der Waals surface area (Å²) in [6.45, 7) is 4.15. The van der Waals surface area contributed by atoms with E-state index in [-0.39, 0.29) is 0 Å². The largest absolute Gasteiger partial charge is 0.344 e. The number of H-pyrrole nitrogens is 1. The Hall–Kier alpha value is -1.09. The zero-order valence-corrected chi connectivity index (χ0v) is 7.90. The van der Waals surface area contributed by atoms with Crippen molar-refractivity contribution in [3.63, 3.8) is 0 Å². The molecule has 0 amide bonds. The van der Waals surface area contributed by atoms with Crippen LogP contribution >= 0.6 is 12.2 Å². The number of aryl methyl sites for hydroxylation is 2. The lowest BCUT2D eigenvalue weighted by molar-refractivity contribution is 1.09. The number of fused-ring (bicyclic) bond motifs is 1. The molecule has 2 aromatic heterocycles. The third-order valence-electron chi connectivity index (χ3n) is 2.15. The average Bonchev–Trinajstić information content (AvgIpc) is 2.28. The van der Waals surface area contributed by atoms with Gasteiger partial charge < -0.3 is 9.38 Å². The molecule has 3 heteroatoms. The first kappa shape index (κ1) is 7.55. The molecule has 12 heavy (non-hydrogen) atoms. The topological polar surface area (TPSA) is 20.2 Å². The molecule has 2 rings (SSSR count). The van der Waals surface area contributed by atoms with E-state index in [1.165, 1.54) is 11.4 Å². The zero-order chi connectivity index (χ0) is 8.72. The van der Waals surface area contributed by atoms with E-state index >= 15 is 0 Å². The summed E-state index contributed by atoms with van der Waals surface area (Å²) in [5.74, 6) is 0. The molecule has 0 spiro atoms. The Bertz CT molecular complexity index is 479. The van der Waals surface area contributed by atoms with Crippen LogP contribution in [0.2, 0.25) is 0 Å². The lowest BCUT2D eigenvalue weighted by atomic mass is 10.4. The predicted molar refractivity (Wildman–Crippen MR) is 52.1 cm³/mol. The summed E-state index contributed by atoms with van der Waals surface area (Å²) in [5, 5.41) is 0. The quantitative estimate of drug-likeness (QED) is 0.615. The van der Waals surface area contributed by atoms with E-state index in [9.17, 15) is 0 Å². The van der Waals surface area contributed by atoms with Crippen LogP contribution in [0.1, 0.15) is 11.4 Å². The second kappa shape index (κ2) is 2.45. The molecule has 0 aromatic carbocycles. The SMILES string of the molecule is Cc1[nH]c2cc(=S)ccn2c1C. The van der Waals surface area contributed by atoms with Gasteiger partial charge in [0.05, 0.1) is 0 Å². The van der Waals surface area contributed by atoms with Crippen LogP contribution in [0, 0.1) is 18.4 Å². The highest BCUT2D eigenvalue weighted by atomic mass is 32.1. The van der Waals surface area contributed by atoms with Crippen molar-refractivity contribution in [2.75, 3.05) is 0 Å². The fourth-order valence-electron chi connectivity index (χ4n) is 1.33. The molecule has 0 aliphatic heterocycles. The third-order valence-corrected chi connectivity index (χ3v) is 2.40. The van der Waals surface area contributed by atoms with Crippen molar-refractivity contribution in [1.29, 1.82) is 0 Å². The summed E-state index contributed by atoms with van der Waals surface area (Å²) in [5.41, 5.74) is 3.49. The molecule has 2 nitrogen and oxygen atoms in total. The number of imidazole rings is 1. The maximum absolute atomic E-state index is 5.06. The fourth-order valence-corrected chi connectivity index (χ4v) is 1.51. The number of aromatic amines is 1. The molecule has 0 radical (unpaired) electrons. The molecule has 1 N–H and O–H groups in total. The van der Waals surface area contributed by atoms with Crippen molar-refractivity contribution in [1.82, 2.24) is 9.38 Å². The van der Waals surface area contributed by atoms with Gasteiger partial charge in [0, 0.05) is 22.1 Å². The Morgan fingerprint density at radius 2 is 2.17 bits per heavy atom. The van der Waals surface area contributed by atoms with E-state index in [2.05, 4.69) is 23.2 Å². The van der Waals surface area contributed by atoms with Crippen LogP contribution in [-0.4, -0.2) is 9.38 Å². The first-order valence-corrected chi connectivity index (χ1v) is 4.27. The van der Waals surface area contributed by atoms with Crippen LogP contribution in [0.25, 0.3) is 5.65 Å². The minimum atomic E-state index is 0.872. The van der Waals surface area contributed by atoms with Crippen molar-refractivity contribution < 1.29 is 0 Å². The molecule has 0 aliphatic carbocycles. The second-order valence-corrected chi connectivity index (χ2v) is 3.42. The van der Waals surface area contributed by atoms with Crippen LogP contribution in [0.5, 0.6) is 0 Å². The monoisotopic (exact) mass is 178 g/mol. The van der Waals surface area contributed by atoms with Gasteiger partial charge in [-0.3, -0.25) is 0 Å². The summed E-state index contributed by atoms with van der Waals surface area (Å²) in [6.07, 6.45) is 2.00. The first-order valence-electron chi connectivity index (χ1n) is 3.86. The average molecular weight is 178 g/mol. The summed E-state index contributed by atoms with van der Waals surface area (Å²) < 4.78 is 2.97. The smallest absolute Gasteiger partial charge is 0.115 e. The highest BCUT2D eigenvalue weighted by Crippen LogP contribution is 2.10. The van der Waals surface area contributed by atoms with Crippen LogP contribution in [0.3, 0.4) is 0 Å². The van der Waals surface area contributed by atoms with Gasteiger partial charge in [-0.2, -0.15) is 0 Å². The van der Waals surface area contributed by atoms with Gasteiger partial charge in [-0.25, -0.2) is 0 Å². The Labute approximate surface area is 75.9 Å². The summed E-state index contributed by atoms with van der Waals surface area (Å²) >= 11 is 5.06. The fraction of sp³-hybridized carbons (Fsp3) is 0.222. The molecule has 2 heterocycles. The van der Waals surface area contributed by atoms with Gasteiger partial charge in [0.15, 0.2) is 0 Å². The number of hydrogen-bond donors (Lipinski definition) is 1. The maximum Gasteiger partial charge on any atom is 0.115 e.